The molecule has 0 amide bonds. The van der Waals surface area contributed by atoms with Crippen LogP contribution in [0.15, 0.2) is 42.6 Å². The molecule has 0 bridgehead atoms. The third kappa shape index (κ3) is 2.69. The van der Waals surface area contributed by atoms with Gasteiger partial charge < -0.3 is 0 Å². The second kappa shape index (κ2) is 5.25. The normalized spacial score (nSPS) is 11.8. The SMILES string of the molecule is O=Cc1ccn2c(Cc3ccc(C(F)(F)F)cc3)nnc2c1. The second-order valence-corrected chi connectivity index (χ2v) is 4.79. The van der Waals surface area contributed by atoms with Gasteiger partial charge in [0.15, 0.2) is 5.65 Å². The molecule has 0 saturated heterocycles. The fraction of sp³-hybridized carbons (Fsp3) is 0.133. The van der Waals surface area contributed by atoms with Crippen LogP contribution < -0.4 is 0 Å². The highest BCUT2D eigenvalue weighted by atomic mass is 19.4. The average molecular weight is 305 g/mol. The fourth-order valence-electron chi connectivity index (χ4n) is 2.14. The first-order chi connectivity index (χ1) is 10.5. The molecule has 0 saturated carbocycles. The van der Waals surface area contributed by atoms with Crippen molar-refractivity contribution in [2.75, 3.05) is 0 Å². The summed E-state index contributed by atoms with van der Waals surface area (Å²) < 4.78 is 39.3. The third-order valence-electron chi connectivity index (χ3n) is 3.28. The molecule has 0 radical (unpaired) electrons. The number of hydrogen-bond donors (Lipinski definition) is 0. The number of carbonyl (C=O) groups is 1. The molecule has 0 aliphatic rings. The number of hydrogen-bond acceptors (Lipinski definition) is 3. The van der Waals surface area contributed by atoms with Crippen molar-refractivity contribution >= 4 is 11.9 Å². The Hall–Kier alpha value is -2.70. The molecule has 0 atom stereocenters. The van der Waals surface area contributed by atoms with Gasteiger partial charge in [-0.3, -0.25) is 9.20 Å². The van der Waals surface area contributed by atoms with E-state index in [1.807, 2.05) is 0 Å². The van der Waals surface area contributed by atoms with Crippen LogP contribution in [0.4, 0.5) is 13.2 Å². The molecule has 0 fully saturated rings. The van der Waals surface area contributed by atoms with E-state index in [9.17, 15) is 18.0 Å². The van der Waals surface area contributed by atoms with Crippen LogP contribution in [0.3, 0.4) is 0 Å². The summed E-state index contributed by atoms with van der Waals surface area (Å²) in [7, 11) is 0. The number of aromatic nitrogens is 3. The number of benzene rings is 1. The lowest BCUT2D eigenvalue weighted by molar-refractivity contribution is -0.137. The number of pyridine rings is 1. The van der Waals surface area contributed by atoms with Crippen LogP contribution in [0.25, 0.3) is 5.65 Å². The lowest BCUT2D eigenvalue weighted by atomic mass is 10.1. The highest BCUT2D eigenvalue weighted by Gasteiger charge is 2.29. The standard InChI is InChI=1S/C15H10F3N3O/c16-15(17,18)12-3-1-10(2-4-12)7-13-19-20-14-8-11(9-22)5-6-21(13)14/h1-6,8-9H,7H2. The van der Waals surface area contributed by atoms with Crippen LogP contribution in [0, 0.1) is 0 Å². The van der Waals surface area contributed by atoms with Crippen LogP contribution in [-0.4, -0.2) is 20.9 Å². The van der Waals surface area contributed by atoms with Gasteiger partial charge in [0.05, 0.1) is 5.56 Å². The molecule has 112 valence electrons. The maximum Gasteiger partial charge on any atom is 0.416 e. The van der Waals surface area contributed by atoms with Gasteiger partial charge in [-0.05, 0) is 29.8 Å². The molecule has 0 aliphatic heterocycles. The van der Waals surface area contributed by atoms with Gasteiger partial charge in [-0.2, -0.15) is 13.2 Å². The van der Waals surface area contributed by atoms with Gasteiger partial charge in [0.25, 0.3) is 0 Å². The van der Waals surface area contributed by atoms with Gasteiger partial charge in [0.2, 0.25) is 0 Å². The van der Waals surface area contributed by atoms with Crippen molar-refractivity contribution < 1.29 is 18.0 Å². The van der Waals surface area contributed by atoms with E-state index in [1.165, 1.54) is 12.1 Å². The van der Waals surface area contributed by atoms with Gasteiger partial charge in [0.1, 0.15) is 12.1 Å². The van der Waals surface area contributed by atoms with E-state index < -0.39 is 11.7 Å². The number of aldehydes is 1. The zero-order valence-corrected chi connectivity index (χ0v) is 11.2. The molecule has 0 aliphatic carbocycles. The first-order valence-electron chi connectivity index (χ1n) is 6.42. The zero-order chi connectivity index (χ0) is 15.7. The summed E-state index contributed by atoms with van der Waals surface area (Å²) in [5.41, 5.74) is 1.02. The molecule has 2 aromatic heterocycles. The largest absolute Gasteiger partial charge is 0.416 e. The summed E-state index contributed by atoms with van der Waals surface area (Å²) in [6.07, 6.45) is -1.62. The molecule has 3 rings (SSSR count). The Morgan fingerprint density at radius 1 is 1.09 bits per heavy atom. The van der Waals surface area contributed by atoms with Crippen molar-refractivity contribution in [1.82, 2.24) is 14.6 Å². The molecule has 22 heavy (non-hydrogen) atoms. The molecule has 7 heteroatoms. The van der Waals surface area contributed by atoms with E-state index in [0.717, 1.165) is 12.1 Å². The quantitative estimate of drug-likeness (QED) is 0.698. The fourth-order valence-corrected chi connectivity index (χ4v) is 2.14. The van der Waals surface area contributed by atoms with Crippen LogP contribution in [-0.2, 0) is 12.6 Å². The Bertz CT molecular complexity index is 822. The van der Waals surface area contributed by atoms with Crippen molar-refractivity contribution in [3.63, 3.8) is 0 Å². The predicted octanol–water partition coefficient (Wildman–Crippen LogP) is 3.15. The average Bonchev–Trinajstić information content (AvgIpc) is 2.89. The monoisotopic (exact) mass is 305 g/mol. The van der Waals surface area contributed by atoms with E-state index in [2.05, 4.69) is 10.2 Å². The van der Waals surface area contributed by atoms with Crippen LogP contribution in [0.1, 0.15) is 27.3 Å². The number of carbonyl (C=O) groups excluding carboxylic acids is 1. The Labute approximate surface area is 123 Å². The zero-order valence-electron chi connectivity index (χ0n) is 11.2. The van der Waals surface area contributed by atoms with Crippen LogP contribution in [0.5, 0.6) is 0 Å². The van der Waals surface area contributed by atoms with Gasteiger partial charge in [-0.15, -0.1) is 10.2 Å². The molecule has 0 N–H and O–H groups in total. The summed E-state index contributed by atoms with van der Waals surface area (Å²) in [4.78, 5) is 10.7. The van der Waals surface area contributed by atoms with Crippen molar-refractivity contribution in [3.05, 3.63) is 65.1 Å². The van der Waals surface area contributed by atoms with Crippen molar-refractivity contribution in [2.45, 2.75) is 12.6 Å². The summed E-state index contributed by atoms with van der Waals surface area (Å²) in [6.45, 7) is 0. The van der Waals surface area contributed by atoms with E-state index in [1.54, 1.807) is 22.7 Å². The Morgan fingerprint density at radius 3 is 2.45 bits per heavy atom. The number of alkyl halides is 3. The lowest BCUT2D eigenvalue weighted by Gasteiger charge is -2.07. The Kier molecular flexibility index (Phi) is 3.40. The highest BCUT2D eigenvalue weighted by molar-refractivity contribution is 5.76. The van der Waals surface area contributed by atoms with Crippen LogP contribution >= 0.6 is 0 Å². The smallest absolute Gasteiger partial charge is 0.298 e. The molecular weight excluding hydrogens is 295 g/mol. The van der Waals surface area contributed by atoms with E-state index >= 15 is 0 Å². The summed E-state index contributed by atoms with van der Waals surface area (Å²) in [5, 5.41) is 7.97. The molecule has 0 unspecified atom stereocenters. The van der Waals surface area contributed by atoms with E-state index in [4.69, 9.17) is 0 Å². The third-order valence-corrected chi connectivity index (χ3v) is 3.28. The molecule has 4 nitrogen and oxygen atoms in total. The van der Waals surface area contributed by atoms with Crippen LogP contribution in [0.2, 0.25) is 0 Å². The van der Waals surface area contributed by atoms with Crippen molar-refractivity contribution in [3.8, 4) is 0 Å². The van der Waals surface area contributed by atoms with Gasteiger partial charge in [-0.1, -0.05) is 12.1 Å². The number of fused-ring (bicyclic) bond motifs is 1. The molecule has 0 spiro atoms. The predicted molar refractivity (Wildman–Crippen MR) is 72.6 cm³/mol. The molecule has 1 aromatic carbocycles. The first-order valence-corrected chi connectivity index (χ1v) is 6.42. The number of nitrogens with zero attached hydrogens (tertiary/aromatic N) is 3. The van der Waals surface area contributed by atoms with Gasteiger partial charge in [0, 0.05) is 18.2 Å². The van der Waals surface area contributed by atoms with E-state index in [0.29, 0.717) is 35.3 Å². The number of rotatable bonds is 3. The van der Waals surface area contributed by atoms with E-state index in [-0.39, 0.29) is 0 Å². The summed E-state index contributed by atoms with van der Waals surface area (Å²) in [6, 6.07) is 8.15. The molecule has 2 heterocycles. The Morgan fingerprint density at radius 2 is 1.82 bits per heavy atom. The second-order valence-electron chi connectivity index (χ2n) is 4.79. The molecular formula is C15H10F3N3O. The summed E-state index contributed by atoms with van der Waals surface area (Å²) in [5.74, 6) is 0.590. The van der Waals surface area contributed by atoms with Crippen molar-refractivity contribution in [2.24, 2.45) is 0 Å². The minimum Gasteiger partial charge on any atom is -0.298 e. The van der Waals surface area contributed by atoms with Gasteiger partial charge in [-0.25, -0.2) is 0 Å². The maximum atomic E-state index is 12.5. The first kappa shape index (κ1) is 14.2. The minimum atomic E-state index is -4.34. The van der Waals surface area contributed by atoms with Gasteiger partial charge >= 0.3 is 6.18 Å². The van der Waals surface area contributed by atoms with Crippen molar-refractivity contribution in [1.29, 1.82) is 0 Å². The minimum absolute atomic E-state index is 0.347. The maximum absolute atomic E-state index is 12.5. The highest BCUT2D eigenvalue weighted by Crippen LogP contribution is 2.29. The number of halogens is 3. The Balaban J connectivity index is 1.88. The topological polar surface area (TPSA) is 47.3 Å². The summed E-state index contributed by atoms with van der Waals surface area (Å²) >= 11 is 0. The molecule has 3 aromatic rings. The lowest BCUT2D eigenvalue weighted by Crippen LogP contribution is -2.05.